The number of hydrogen-bond donors (Lipinski definition) is 0. The second-order valence-electron chi connectivity index (χ2n) is 19.6. The summed E-state index contributed by atoms with van der Waals surface area (Å²) >= 11 is 4.58. The van der Waals surface area contributed by atoms with Crippen molar-refractivity contribution in [2.24, 2.45) is 0 Å². The topological polar surface area (TPSA) is 195 Å². The summed E-state index contributed by atoms with van der Waals surface area (Å²) in [5.41, 5.74) is 5.47. The second kappa shape index (κ2) is 22.8. The van der Waals surface area contributed by atoms with Crippen molar-refractivity contribution in [3.05, 3.63) is 147 Å². The average molecular weight is 1130 g/mol. The molecule has 12 heterocycles. The first-order chi connectivity index (χ1) is 37.1. The first-order valence-corrected chi connectivity index (χ1v) is 27.5. The average Bonchev–Trinajstić information content (AvgIpc) is 4.05. The van der Waals surface area contributed by atoms with Crippen LogP contribution in [0.25, 0.3) is 44.6 Å². The molecule has 80 heavy (non-hydrogen) atoms. The normalized spacial score (nSPS) is 14.8. The minimum absolute atomic E-state index is 0. The van der Waals surface area contributed by atoms with Gasteiger partial charge in [-0.3, -0.25) is 29.1 Å². The predicted molar refractivity (Wildman–Crippen MR) is 320 cm³/mol. The summed E-state index contributed by atoms with van der Waals surface area (Å²) in [4.78, 5) is 62.1. The van der Waals surface area contributed by atoms with E-state index in [2.05, 4.69) is 76.8 Å². The molecular weight excluding hydrogens is 1060 g/mol. The molecule has 1 aromatic carbocycles. The molecule has 3 amide bonds. The van der Waals surface area contributed by atoms with Gasteiger partial charge < -0.3 is 18.6 Å². The van der Waals surface area contributed by atoms with Crippen LogP contribution in [0.4, 0.5) is 22.5 Å². The van der Waals surface area contributed by atoms with Gasteiger partial charge in [0.15, 0.2) is 17.5 Å². The van der Waals surface area contributed by atoms with Crippen LogP contribution in [0.3, 0.4) is 0 Å². The molecule has 9 aromatic heterocycles. The van der Waals surface area contributed by atoms with Crippen molar-refractivity contribution in [1.29, 1.82) is 0 Å². The smallest absolute Gasteiger partial charge is 0.270 e. The van der Waals surface area contributed by atoms with E-state index < -0.39 is 0 Å². The van der Waals surface area contributed by atoms with Crippen LogP contribution in [-0.2, 0) is 19.6 Å². The summed E-state index contributed by atoms with van der Waals surface area (Å²) < 4.78 is 7.30. The summed E-state index contributed by atoms with van der Waals surface area (Å²) in [5, 5.41) is 29.0. The highest BCUT2D eigenvalue weighted by molar-refractivity contribution is 7.21. The van der Waals surface area contributed by atoms with Crippen LogP contribution in [0.1, 0.15) is 133 Å². The Labute approximate surface area is 477 Å². The third kappa shape index (κ3) is 10.3. The minimum Gasteiger partial charge on any atom is -0.370 e. The van der Waals surface area contributed by atoms with E-state index in [1.54, 1.807) is 45.0 Å². The third-order valence-corrected chi connectivity index (χ3v) is 17.3. The number of benzene rings is 1. The molecule has 15 rings (SSSR count). The first kappa shape index (κ1) is 56.4. The summed E-state index contributed by atoms with van der Waals surface area (Å²) in [6.45, 7) is 5.83. The highest BCUT2D eigenvalue weighted by atomic mass is 32.1. The van der Waals surface area contributed by atoms with Crippen LogP contribution in [0, 0.1) is 0 Å². The van der Waals surface area contributed by atoms with Crippen molar-refractivity contribution in [3.8, 4) is 34.6 Å². The van der Waals surface area contributed by atoms with Gasteiger partial charge in [-0.05, 0) is 116 Å². The van der Waals surface area contributed by atoms with Crippen molar-refractivity contribution in [2.45, 2.75) is 107 Å². The molecule has 19 nitrogen and oxygen atoms in total. The molecule has 2 fully saturated rings. The highest BCUT2D eigenvalue weighted by Crippen LogP contribution is 2.42. The van der Waals surface area contributed by atoms with Crippen LogP contribution >= 0.6 is 34.0 Å². The van der Waals surface area contributed by atoms with Gasteiger partial charge in [0, 0.05) is 42.5 Å². The number of rotatable bonds is 10. The van der Waals surface area contributed by atoms with Gasteiger partial charge in [0.25, 0.3) is 17.7 Å². The van der Waals surface area contributed by atoms with Crippen molar-refractivity contribution in [1.82, 2.24) is 59.2 Å². The van der Waals surface area contributed by atoms with Gasteiger partial charge in [-0.25, -0.2) is 15.0 Å². The highest BCUT2D eigenvalue weighted by Gasteiger charge is 2.36. The molecule has 5 aliphatic rings. The second-order valence-corrected chi connectivity index (χ2v) is 22.6. The molecule has 3 aliphatic heterocycles. The van der Waals surface area contributed by atoms with E-state index >= 15 is 0 Å². The molecule has 0 spiro atoms. The van der Waals surface area contributed by atoms with E-state index in [1.165, 1.54) is 22.7 Å². The number of aromatic nitrogens is 12. The van der Waals surface area contributed by atoms with Crippen LogP contribution in [0.2, 0.25) is 0 Å². The Balaban J connectivity index is 0.000000142. The zero-order valence-electron chi connectivity index (χ0n) is 41.8. The number of carbonyl (C=O) groups excluding carboxylic acids is 3. The Morgan fingerprint density at radius 1 is 0.537 bits per heavy atom. The van der Waals surface area contributed by atoms with Crippen molar-refractivity contribution < 1.29 is 14.4 Å². The Hall–Kier alpha value is -8.34. The first-order valence-electron chi connectivity index (χ1n) is 25.0. The van der Waals surface area contributed by atoms with Gasteiger partial charge in [0.05, 0.1) is 39.3 Å². The number of thiophene rings is 3. The van der Waals surface area contributed by atoms with Gasteiger partial charge in [-0.15, -0.1) is 64.6 Å². The van der Waals surface area contributed by atoms with Crippen molar-refractivity contribution in [3.63, 3.8) is 0 Å². The number of anilines is 4. The minimum atomic E-state index is 0. The summed E-state index contributed by atoms with van der Waals surface area (Å²) in [5.74, 6) is 4.29. The van der Waals surface area contributed by atoms with Crippen LogP contribution in [0.15, 0.2) is 115 Å². The molecule has 0 radical (unpaired) electrons. The number of hydrogen-bond acceptors (Lipinski definition) is 16. The number of amides is 3. The van der Waals surface area contributed by atoms with E-state index in [4.69, 9.17) is 9.97 Å². The van der Waals surface area contributed by atoms with Crippen molar-refractivity contribution in [2.75, 3.05) is 33.7 Å². The lowest BCUT2D eigenvalue weighted by atomic mass is 10.1. The fourth-order valence-electron chi connectivity index (χ4n) is 9.64. The van der Waals surface area contributed by atoms with Crippen LogP contribution in [0.5, 0.6) is 0 Å². The standard InChI is InChI=1S/C20H15N5OS.C18H18N6OS.C16H15N5OS.4CH4/c26-20-18-14(13-4-1-2-6-16(13)27-18)10-24(20)17-7-3-5-15(22-17)19-23-21-11-25(19)12-8-9-12;1-22(2)15-8-11-9-23(18(25)16(11)26-15)14-5-3-4-13(20-14)17-21-19-10-24(17)12-6-7-12;1-10(2)21-9-17-19-15(21)12-4-3-5-13(18-12)20-8-11-6-7-23-14(11)16(20)22;;;;/h1-7,11-12H,8-10H2;3-5,8,10,12H,6-7,9H2,1-2H3;3-7,9-10H,8H2,1-2H3;4*1H4. The quantitative estimate of drug-likeness (QED) is 0.126. The molecule has 412 valence electrons. The fourth-order valence-corrected chi connectivity index (χ4v) is 12.7. The van der Waals surface area contributed by atoms with E-state index in [0.29, 0.717) is 55.0 Å². The molecule has 0 saturated heterocycles. The molecule has 0 unspecified atom stereocenters. The Morgan fingerprint density at radius 2 is 1.04 bits per heavy atom. The largest absolute Gasteiger partial charge is 0.370 e. The molecule has 2 saturated carbocycles. The van der Waals surface area contributed by atoms with E-state index in [0.717, 1.165) is 101 Å². The molecule has 10 aromatic rings. The van der Waals surface area contributed by atoms with Crippen LogP contribution < -0.4 is 19.6 Å². The zero-order valence-corrected chi connectivity index (χ0v) is 44.2. The number of nitrogens with zero attached hydrogens (tertiary/aromatic N) is 16. The van der Waals surface area contributed by atoms with Crippen molar-refractivity contribution >= 4 is 84.3 Å². The molecule has 2 aliphatic carbocycles. The SMILES string of the molecule is C.C.C.C.CC(C)n1cnnc1-c1cccc(N2Cc3ccsc3C2=O)n1.CN(C)c1cc2c(s1)C(=O)N(c1cccc(-c3nncn3C3CC3)n1)C2.O=C1c2sc3ccccc3c2CN1c1cccc(-c2nncn2C2CC2)n1. The molecule has 0 N–H and O–H groups in total. The lowest BCUT2D eigenvalue weighted by molar-refractivity contribution is 0.0991. The maximum absolute atomic E-state index is 13.0. The summed E-state index contributed by atoms with van der Waals surface area (Å²) in [6.07, 6.45) is 9.86. The van der Waals surface area contributed by atoms with Gasteiger partial charge >= 0.3 is 0 Å². The third-order valence-electron chi connectivity index (χ3n) is 13.8. The summed E-state index contributed by atoms with van der Waals surface area (Å²) in [6, 6.07) is 30.6. The molecule has 0 bridgehead atoms. The zero-order chi connectivity index (χ0) is 51.8. The van der Waals surface area contributed by atoms with Crippen LogP contribution in [-0.4, -0.2) is 91.1 Å². The van der Waals surface area contributed by atoms with Gasteiger partial charge in [0.1, 0.15) is 53.5 Å². The number of carbonyl (C=O) groups is 3. The van der Waals surface area contributed by atoms with E-state index in [1.807, 2.05) is 102 Å². The van der Waals surface area contributed by atoms with Gasteiger partial charge in [-0.2, -0.15) is 0 Å². The molecule has 0 atom stereocenters. The van der Waals surface area contributed by atoms with Gasteiger partial charge in [0.2, 0.25) is 0 Å². The fraction of sp³-hybridized carbons (Fsp3) is 0.310. The lowest BCUT2D eigenvalue weighted by Gasteiger charge is -2.16. The Bertz CT molecular complexity index is 3880. The Morgan fingerprint density at radius 3 is 1.57 bits per heavy atom. The molecular formula is C58H64N16O3S3. The van der Waals surface area contributed by atoms with Gasteiger partial charge in [-0.1, -0.05) is 66.1 Å². The van der Waals surface area contributed by atoms with E-state index in [9.17, 15) is 14.4 Å². The number of pyridine rings is 3. The lowest BCUT2D eigenvalue weighted by Crippen LogP contribution is -2.24. The predicted octanol–water partition coefficient (Wildman–Crippen LogP) is 12.7. The van der Waals surface area contributed by atoms with E-state index in [-0.39, 0.29) is 53.5 Å². The summed E-state index contributed by atoms with van der Waals surface area (Å²) in [7, 11) is 3.98. The maximum atomic E-state index is 13.0. The number of fused-ring (bicyclic) bond motifs is 5. The monoisotopic (exact) mass is 1130 g/mol. The molecule has 22 heteroatoms. The maximum Gasteiger partial charge on any atom is 0.270 e. The Kier molecular flexibility index (Phi) is 16.1.